The molecular formula is C11H15NOS. The van der Waals surface area contributed by atoms with Gasteiger partial charge in [-0.05, 0) is 25.1 Å². The average Bonchev–Trinajstić information content (AvgIpc) is 2.63. The number of aryl methyl sites for hydroxylation is 1. The highest BCUT2D eigenvalue weighted by Gasteiger charge is 2.08. The number of nitrogens with one attached hydrogen (secondary N) is 1. The molecule has 0 amide bonds. The standard InChI is InChI=1S/C11H15NOS/c1-9-2-4-11(14-9)5-3-10-8-13-7-6-12-10/h2-5,10,12H,6-8H2,1H3/b5-3+. The van der Waals surface area contributed by atoms with Gasteiger partial charge in [-0.25, -0.2) is 0 Å². The zero-order valence-electron chi connectivity index (χ0n) is 8.32. The molecule has 0 bridgehead atoms. The van der Waals surface area contributed by atoms with Gasteiger partial charge in [0.15, 0.2) is 0 Å². The minimum absolute atomic E-state index is 0.381. The minimum Gasteiger partial charge on any atom is -0.378 e. The van der Waals surface area contributed by atoms with Crippen LogP contribution < -0.4 is 5.32 Å². The van der Waals surface area contributed by atoms with Crippen LogP contribution in [0.5, 0.6) is 0 Å². The second-order valence-electron chi connectivity index (χ2n) is 3.44. The third-order valence-electron chi connectivity index (χ3n) is 2.20. The molecule has 0 saturated carbocycles. The number of ether oxygens (including phenoxy) is 1. The molecular weight excluding hydrogens is 194 g/mol. The molecule has 2 rings (SSSR count). The van der Waals surface area contributed by atoms with E-state index in [4.69, 9.17) is 4.74 Å². The summed E-state index contributed by atoms with van der Waals surface area (Å²) in [5, 5.41) is 3.39. The third kappa shape index (κ3) is 2.67. The van der Waals surface area contributed by atoms with Crippen molar-refractivity contribution in [2.75, 3.05) is 19.8 Å². The lowest BCUT2D eigenvalue weighted by molar-refractivity contribution is 0.0903. The number of rotatable bonds is 2. The fourth-order valence-corrected chi connectivity index (χ4v) is 2.25. The highest BCUT2D eigenvalue weighted by atomic mass is 32.1. The predicted molar refractivity (Wildman–Crippen MR) is 60.7 cm³/mol. The van der Waals surface area contributed by atoms with Crippen LogP contribution in [0.3, 0.4) is 0 Å². The van der Waals surface area contributed by atoms with Gasteiger partial charge in [-0.3, -0.25) is 0 Å². The quantitative estimate of drug-likeness (QED) is 0.805. The molecule has 1 aliphatic rings. The van der Waals surface area contributed by atoms with Gasteiger partial charge in [-0.2, -0.15) is 0 Å². The van der Waals surface area contributed by atoms with Crippen molar-refractivity contribution in [2.24, 2.45) is 0 Å². The van der Waals surface area contributed by atoms with Crippen molar-refractivity contribution in [2.45, 2.75) is 13.0 Å². The van der Waals surface area contributed by atoms with Gasteiger partial charge < -0.3 is 10.1 Å². The molecule has 1 N–H and O–H groups in total. The van der Waals surface area contributed by atoms with Gasteiger partial charge in [-0.15, -0.1) is 11.3 Å². The molecule has 0 radical (unpaired) electrons. The summed E-state index contributed by atoms with van der Waals surface area (Å²) in [4.78, 5) is 2.67. The Morgan fingerprint density at radius 1 is 1.57 bits per heavy atom. The second kappa shape index (κ2) is 4.73. The Morgan fingerprint density at radius 2 is 2.50 bits per heavy atom. The van der Waals surface area contributed by atoms with E-state index >= 15 is 0 Å². The summed E-state index contributed by atoms with van der Waals surface area (Å²) in [6, 6.07) is 4.68. The molecule has 1 unspecified atom stereocenters. The summed E-state index contributed by atoms with van der Waals surface area (Å²) in [6.45, 7) is 4.71. The van der Waals surface area contributed by atoms with E-state index in [0.717, 1.165) is 19.8 Å². The van der Waals surface area contributed by atoms with E-state index in [1.54, 1.807) is 0 Å². The van der Waals surface area contributed by atoms with Crippen LogP contribution in [0.2, 0.25) is 0 Å². The topological polar surface area (TPSA) is 21.3 Å². The molecule has 0 aromatic carbocycles. The Hall–Kier alpha value is -0.640. The van der Waals surface area contributed by atoms with Crippen LogP contribution in [0, 0.1) is 6.92 Å². The van der Waals surface area contributed by atoms with E-state index in [0.29, 0.717) is 6.04 Å². The minimum atomic E-state index is 0.381. The fourth-order valence-electron chi connectivity index (χ4n) is 1.46. The second-order valence-corrected chi connectivity index (χ2v) is 4.76. The fraction of sp³-hybridized carbons (Fsp3) is 0.455. The number of hydrogen-bond donors (Lipinski definition) is 1. The molecule has 2 nitrogen and oxygen atoms in total. The molecule has 76 valence electrons. The summed E-state index contributed by atoms with van der Waals surface area (Å²) < 4.78 is 5.37. The molecule has 0 aliphatic carbocycles. The SMILES string of the molecule is Cc1ccc(/C=C/C2COCCN2)s1. The van der Waals surface area contributed by atoms with E-state index in [-0.39, 0.29) is 0 Å². The highest BCUT2D eigenvalue weighted by Crippen LogP contribution is 2.16. The number of thiophene rings is 1. The van der Waals surface area contributed by atoms with E-state index in [1.165, 1.54) is 9.75 Å². The van der Waals surface area contributed by atoms with Crippen molar-refractivity contribution in [3.05, 3.63) is 28.0 Å². The van der Waals surface area contributed by atoms with Crippen LogP contribution in [0.1, 0.15) is 9.75 Å². The van der Waals surface area contributed by atoms with Crippen molar-refractivity contribution in [1.29, 1.82) is 0 Å². The lowest BCUT2D eigenvalue weighted by atomic mass is 10.2. The molecule has 1 atom stereocenters. The Labute approximate surface area is 88.6 Å². The molecule has 1 aromatic heterocycles. The molecule has 3 heteroatoms. The van der Waals surface area contributed by atoms with Gasteiger partial charge in [0, 0.05) is 22.3 Å². The van der Waals surface area contributed by atoms with E-state index in [9.17, 15) is 0 Å². The zero-order valence-corrected chi connectivity index (χ0v) is 9.14. The van der Waals surface area contributed by atoms with E-state index < -0.39 is 0 Å². The summed E-state index contributed by atoms with van der Waals surface area (Å²) in [6.07, 6.45) is 4.36. The van der Waals surface area contributed by atoms with Gasteiger partial charge in [0.05, 0.1) is 13.2 Å². The number of hydrogen-bond acceptors (Lipinski definition) is 3. The maximum absolute atomic E-state index is 5.37. The first kappa shape index (κ1) is 9.90. The Balaban J connectivity index is 1.92. The lowest BCUT2D eigenvalue weighted by Crippen LogP contribution is -2.39. The normalized spacial score (nSPS) is 23.1. The van der Waals surface area contributed by atoms with Gasteiger partial charge in [0.25, 0.3) is 0 Å². The molecule has 1 fully saturated rings. The van der Waals surface area contributed by atoms with Crippen molar-refractivity contribution < 1.29 is 4.74 Å². The monoisotopic (exact) mass is 209 g/mol. The summed E-state index contributed by atoms with van der Waals surface area (Å²) in [5.41, 5.74) is 0. The third-order valence-corrected chi connectivity index (χ3v) is 3.17. The predicted octanol–water partition coefficient (Wildman–Crippen LogP) is 2.06. The lowest BCUT2D eigenvalue weighted by Gasteiger charge is -2.20. The Kier molecular flexibility index (Phi) is 3.35. The summed E-state index contributed by atoms with van der Waals surface area (Å²) in [5.74, 6) is 0. The van der Waals surface area contributed by atoms with E-state index in [1.807, 2.05) is 11.3 Å². The van der Waals surface area contributed by atoms with Crippen molar-refractivity contribution in [1.82, 2.24) is 5.32 Å². The molecule has 0 spiro atoms. The number of morpholine rings is 1. The van der Waals surface area contributed by atoms with Crippen molar-refractivity contribution in [3.8, 4) is 0 Å². The van der Waals surface area contributed by atoms with E-state index in [2.05, 4.69) is 36.5 Å². The first-order valence-electron chi connectivity index (χ1n) is 4.90. The first-order valence-corrected chi connectivity index (χ1v) is 5.72. The van der Waals surface area contributed by atoms with Crippen LogP contribution >= 0.6 is 11.3 Å². The summed E-state index contributed by atoms with van der Waals surface area (Å²) in [7, 11) is 0. The smallest absolute Gasteiger partial charge is 0.0656 e. The largest absolute Gasteiger partial charge is 0.378 e. The van der Waals surface area contributed by atoms with Gasteiger partial charge in [-0.1, -0.05) is 6.08 Å². The van der Waals surface area contributed by atoms with Crippen molar-refractivity contribution in [3.63, 3.8) is 0 Å². The Bertz CT molecular complexity index is 313. The maximum Gasteiger partial charge on any atom is 0.0656 e. The first-order chi connectivity index (χ1) is 6.84. The molecule has 1 aromatic rings. The highest BCUT2D eigenvalue weighted by molar-refractivity contribution is 7.12. The maximum atomic E-state index is 5.37. The van der Waals surface area contributed by atoms with Crippen LogP contribution in [0.25, 0.3) is 6.08 Å². The summed E-state index contributed by atoms with van der Waals surface area (Å²) >= 11 is 1.82. The average molecular weight is 209 g/mol. The van der Waals surface area contributed by atoms with Gasteiger partial charge >= 0.3 is 0 Å². The zero-order chi connectivity index (χ0) is 9.80. The molecule has 1 saturated heterocycles. The molecule has 14 heavy (non-hydrogen) atoms. The van der Waals surface area contributed by atoms with Crippen LogP contribution in [-0.4, -0.2) is 25.8 Å². The van der Waals surface area contributed by atoms with Crippen LogP contribution in [0.4, 0.5) is 0 Å². The van der Waals surface area contributed by atoms with Crippen LogP contribution in [0.15, 0.2) is 18.2 Å². The van der Waals surface area contributed by atoms with Crippen molar-refractivity contribution >= 4 is 17.4 Å². The Morgan fingerprint density at radius 3 is 3.14 bits per heavy atom. The van der Waals surface area contributed by atoms with Gasteiger partial charge in [0.1, 0.15) is 0 Å². The van der Waals surface area contributed by atoms with Crippen LogP contribution in [-0.2, 0) is 4.74 Å². The molecule has 2 heterocycles. The molecule has 1 aliphatic heterocycles. The van der Waals surface area contributed by atoms with Gasteiger partial charge in [0.2, 0.25) is 0 Å².